The summed E-state index contributed by atoms with van der Waals surface area (Å²) < 4.78 is 14.6. The van der Waals surface area contributed by atoms with Crippen LogP contribution in [0.5, 0.6) is 0 Å². The van der Waals surface area contributed by atoms with Crippen LogP contribution in [0.4, 0.5) is 4.79 Å². The molecule has 1 heterocycles. The molecule has 118 valence electrons. The lowest BCUT2D eigenvalue weighted by Gasteiger charge is -2.19. The maximum atomic E-state index is 11.7. The van der Waals surface area contributed by atoms with Crippen LogP contribution in [0.15, 0.2) is 5.38 Å². The highest BCUT2D eigenvalue weighted by atomic mass is 32.1. The summed E-state index contributed by atoms with van der Waals surface area (Å²) in [6, 6.07) is -0.734. The highest BCUT2D eigenvalue weighted by Crippen LogP contribution is 2.11. The Kier molecular flexibility index (Phi) is 7.10. The van der Waals surface area contributed by atoms with Gasteiger partial charge in [0.1, 0.15) is 17.7 Å². The van der Waals surface area contributed by atoms with Crippen molar-refractivity contribution in [2.75, 3.05) is 14.2 Å². The molecule has 0 saturated carbocycles. The molecule has 8 heteroatoms. The standard InChI is InChI=1S/C13H20N2O5S/c1-8(2)11(12(16)19-4)15-13(17)20-5-9-7-21-10(14-9)6-18-3/h7-8,11H,5-6H2,1-4H3,(H,15,17)/t11-/m0/s1. The van der Waals surface area contributed by atoms with Gasteiger partial charge in [-0.25, -0.2) is 14.6 Å². The number of amides is 1. The van der Waals surface area contributed by atoms with E-state index in [1.807, 2.05) is 0 Å². The molecule has 1 aromatic heterocycles. The molecule has 0 radical (unpaired) electrons. The number of alkyl carbamates (subject to hydrolysis) is 1. The Labute approximate surface area is 127 Å². The molecule has 0 spiro atoms. The minimum atomic E-state index is -0.734. The number of nitrogens with zero attached hydrogens (tertiary/aromatic N) is 1. The van der Waals surface area contributed by atoms with Crippen LogP contribution >= 0.6 is 11.3 Å². The predicted octanol–water partition coefficient (Wildman–Crippen LogP) is 1.71. The van der Waals surface area contributed by atoms with E-state index in [0.29, 0.717) is 12.3 Å². The lowest BCUT2D eigenvalue weighted by atomic mass is 10.1. The van der Waals surface area contributed by atoms with Gasteiger partial charge < -0.3 is 19.5 Å². The first kappa shape index (κ1) is 17.4. The third kappa shape index (κ3) is 5.68. The number of nitrogens with one attached hydrogen (secondary N) is 1. The van der Waals surface area contributed by atoms with Gasteiger partial charge in [-0.1, -0.05) is 13.8 Å². The summed E-state index contributed by atoms with van der Waals surface area (Å²) in [6.45, 7) is 4.07. The average molecular weight is 316 g/mol. The van der Waals surface area contributed by atoms with Crippen LogP contribution in [0.3, 0.4) is 0 Å². The summed E-state index contributed by atoms with van der Waals surface area (Å²) >= 11 is 1.43. The number of carbonyl (C=O) groups is 2. The van der Waals surface area contributed by atoms with E-state index in [1.54, 1.807) is 26.3 Å². The van der Waals surface area contributed by atoms with Crippen LogP contribution in [0.2, 0.25) is 0 Å². The molecule has 0 saturated heterocycles. The van der Waals surface area contributed by atoms with Gasteiger partial charge in [0.15, 0.2) is 0 Å². The number of esters is 1. The van der Waals surface area contributed by atoms with Gasteiger partial charge in [-0.15, -0.1) is 11.3 Å². The smallest absolute Gasteiger partial charge is 0.408 e. The summed E-state index contributed by atoms with van der Waals surface area (Å²) in [7, 11) is 2.86. The number of rotatable bonds is 7. The summed E-state index contributed by atoms with van der Waals surface area (Å²) in [5.41, 5.74) is 0.640. The van der Waals surface area contributed by atoms with E-state index in [9.17, 15) is 9.59 Å². The van der Waals surface area contributed by atoms with E-state index < -0.39 is 18.1 Å². The van der Waals surface area contributed by atoms with Crippen LogP contribution in [-0.2, 0) is 32.2 Å². The highest BCUT2D eigenvalue weighted by Gasteiger charge is 2.25. The molecule has 0 bridgehead atoms. The Morgan fingerprint density at radius 1 is 1.33 bits per heavy atom. The summed E-state index contributed by atoms with van der Waals surface area (Å²) in [5.74, 6) is -0.601. The predicted molar refractivity (Wildman–Crippen MR) is 76.8 cm³/mol. The van der Waals surface area contributed by atoms with Crippen molar-refractivity contribution in [1.82, 2.24) is 10.3 Å². The summed E-state index contributed by atoms with van der Waals surface area (Å²) in [4.78, 5) is 27.4. The quantitative estimate of drug-likeness (QED) is 0.771. The number of aromatic nitrogens is 1. The van der Waals surface area contributed by atoms with Gasteiger partial charge in [0, 0.05) is 12.5 Å². The van der Waals surface area contributed by atoms with Crippen LogP contribution < -0.4 is 5.32 Å². The van der Waals surface area contributed by atoms with Crippen molar-refractivity contribution in [1.29, 1.82) is 0 Å². The molecular weight excluding hydrogens is 296 g/mol. The Morgan fingerprint density at radius 2 is 2.05 bits per heavy atom. The second-order valence-electron chi connectivity index (χ2n) is 4.63. The fourth-order valence-corrected chi connectivity index (χ4v) is 2.29. The fourth-order valence-electron chi connectivity index (χ4n) is 1.54. The van der Waals surface area contributed by atoms with Crippen LogP contribution in [0.1, 0.15) is 24.5 Å². The Morgan fingerprint density at radius 3 is 2.62 bits per heavy atom. The van der Waals surface area contributed by atoms with Gasteiger partial charge >= 0.3 is 12.1 Å². The van der Waals surface area contributed by atoms with E-state index in [0.717, 1.165) is 5.01 Å². The number of carbonyl (C=O) groups excluding carboxylic acids is 2. The number of methoxy groups -OCH3 is 2. The molecule has 1 N–H and O–H groups in total. The van der Waals surface area contributed by atoms with Crippen LogP contribution in [-0.4, -0.2) is 37.3 Å². The number of thiazole rings is 1. The van der Waals surface area contributed by atoms with Gasteiger partial charge in [-0.3, -0.25) is 0 Å². The van der Waals surface area contributed by atoms with E-state index in [4.69, 9.17) is 9.47 Å². The lowest BCUT2D eigenvalue weighted by Crippen LogP contribution is -2.45. The maximum absolute atomic E-state index is 11.7. The number of ether oxygens (including phenoxy) is 3. The largest absolute Gasteiger partial charge is 0.467 e. The second-order valence-corrected chi connectivity index (χ2v) is 5.57. The zero-order valence-corrected chi connectivity index (χ0v) is 13.4. The van der Waals surface area contributed by atoms with Crippen molar-refractivity contribution in [3.63, 3.8) is 0 Å². The first-order chi connectivity index (χ1) is 9.97. The zero-order chi connectivity index (χ0) is 15.8. The SMILES string of the molecule is COCc1nc(COC(=O)N[C@H](C(=O)OC)C(C)C)cs1. The minimum absolute atomic E-state index is 0.0397. The molecule has 0 unspecified atom stereocenters. The van der Waals surface area contributed by atoms with Gasteiger partial charge in [0.2, 0.25) is 0 Å². The Hall–Kier alpha value is -1.67. The van der Waals surface area contributed by atoms with Crippen molar-refractivity contribution >= 4 is 23.4 Å². The molecule has 0 aliphatic heterocycles. The van der Waals surface area contributed by atoms with Crippen molar-refractivity contribution in [2.45, 2.75) is 33.1 Å². The summed E-state index contributed by atoms with van der Waals surface area (Å²) in [6.07, 6.45) is -0.680. The first-order valence-corrected chi connectivity index (χ1v) is 7.29. The molecule has 1 aromatic rings. The van der Waals surface area contributed by atoms with Crippen molar-refractivity contribution in [3.05, 3.63) is 16.1 Å². The number of hydrogen-bond acceptors (Lipinski definition) is 7. The molecule has 0 aliphatic rings. The molecule has 1 amide bonds. The molecule has 7 nitrogen and oxygen atoms in total. The molecule has 1 atom stereocenters. The Bertz CT molecular complexity index is 475. The van der Waals surface area contributed by atoms with E-state index in [1.165, 1.54) is 18.4 Å². The second kappa shape index (κ2) is 8.58. The third-order valence-corrected chi connectivity index (χ3v) is 3.48. The average Bonchev–Trinajstić information content (AvgIpc) is 2.89. The molecule has 0 fully saturated rings. The van der Waals surface area contributed by atoms with E-state index in [-0.39, 0.29) is 12.5 Å². The van der Waals surface area contributed by atoms with Gasteiger partial charge in [0.25, 0.3) is 0 Å². The van der Waals surface area contributed by atoms with Crippen molar-refractivity contribution in [3.8, 4) is 0 Å². The molecule has 0 aliphatic carbocycles. The summed E-state index contributed by atoms with van der Waals surface area (Å²) in [5, 5.41) is 5.09. The van der Waals surface area contributed by atoms with Gasteiger partial charge in [-0.05, 0) is 5.92 Å². The molecule has 1 rings (SSSR count). The molecule has 0 aromatic carbocycles. The lowest BCUT2D eigenvalue weighted by molar-refractivity contribution is -0.144. The normalized spacial score (nSPS) is 12.0. The zero-order valence-electron chi connectivity index (χ0n) is 12.5. The first-order valence-electron chi connectivity index (χ1n) is 6.41. The number of hydrogen-bond donors (Lipinski definition) is 1. The van der Waals surface area contributed by atoms with Crippen molar-refractivity contribution in [2.24, 2.45) is 5.92 Å². The minimum Gasteiger partial charge on any atom is -0.467 e. The maximum Gasteiger partial charge on any atom is 0.408 e. The van der Waals surface area contributed by atoms with E-state index >= 15 is 0 Å². The molecule has 21 heavy (non-hydrogen) atoms. The van der Waals surface area contributed by atoms with Crippen molar-refractivity contribution < 1.29 is 23.8 Å². The van der Waals surface area contributed by atoms with Crippen LogP contribution in [0.25, 0.3) is 0 Å². The van der Waals surface area contributed by atoms with E-state index in [2.05, 4.69) is 15.0 Å². The van der Waals surface area contributed by atoms with Gasteiger partial charge in [0.05, 0.1) is 19.4 Å². The highest BCUT2D eigenvalue weighted by molar-refractivity contribution is 7.09. The van der Waals surface area contributed by atoms with Crippen LogP contribution in [0, 0.1) is 5.92 Å². The topological polar surface area (TPSA) is 86.8 Å². The molecular formula is C13H20N2O5S. The Balaban J connectivity index is 2.46. The fraction of sp³-hybridized carbons (Fsp3) is 0.615. The monoisotopic (exact) mass is 316 g/mol. The third-order valence-electron chi connectivity index (χ3n) is 2.61. The van der Waals surface area contributed by atoms with Gasteiger partial charge in [-0.2, -0.15) is 0 Å².